The van der Waals surface area contributed by atoms with E-state index >= 15 is 0 Å². The van der Waals surface area contributed by atoms with Gasteiger partial charge in [0, 0.05) is 25.4 Å². The van der Waals surface area contributed by atoms with Crippen molar-refractivity contribution < 1.29 is 13.2 Å². The second-order valence-corrected chi connectivity index (χ2v) is 8.15. The molecule has 1 saturated heterocycles. The molecule has 1 aliphatic heterocycles. The number of nitrogens with zero attached hydrogens (tertiary/aromatic N) is 3. The highest BCUT2D eigenvalue weighted by atomic mass is 32.2. The highest BCUT2D eigenvalue weighted by Gasteiger charge is 2.30. The highest BCUT2D eigenvalue weighted by Crippen LogP contribution is 2.23. The molecule has 0 N–H and O–H groups in total. The highest BCUT2D eigenvalue weighted by molar-refractivity contribution is 7.89. The molecule has 1 aromatic heterocycles. The van der Waals surface area contributed by atoms with Crippen LogP contribution in [-0.2, 0) is 16.4 Å². The maximum Gasteiger partial charge on any atom is 0.243 e. The molecule has 7 heteroatoms. The van der Waals surface area contributed by atoms with Crippen LogP contribution in [0.2, 0.25) is 0 Å². The van der Waals surface area contributed by atoms with E-state index in [1.807, 2.05) is 25.1 Å². The first-order valence-corrected chi connectivity index (χ1v) is 10.1. The number of hydrogen-bond donors (Lipinski definition) is 0. The Hall–Kier alpha value is -2.43. The van der Waals surface area contributed by atoms with Gasteiger partial charge in [-0.05, 0) is 43.0 Å². The molecule has 0 aliphatic carbocycles. The quantitative estimate of drug-likeness (QED) is 0.807. The third kappa shape index (κ3) is 4.03. The van der Waals surface area contributed by atoms with Crippen molar-refractivity contribution in [1.29, 1.82) is 5.26 Å². The number of ether oxygens (including phenoxy) is 1. The Morgan fingerprint density at radius 2 is 1.88 bits per heavy atom. The van der Waals surface area contributed by atoms with Crippen LogP contribution in [0.1, 0.15) is 30.9 Å². The number of benzene rings is 1. The van der Waals surface area contributed by atoms with Gasteiger partial charge in [-0.2, -0.15) is 9.57 Å². The number of aryl methyl sites for hydroxylation is 1. The molecule has 1 aromatic carbocycles. The molecular formula is C19H21N3O3S. The van der Waals surface area contributed by atoms with Crippen LogP contribution in [0.25, 0.3) is 0 Å². The number of piperidine rings is 1. The van der Waals surface area contributed by atoms with E-state index in [1.54, 1.807) is 24.3 Å². The zero-order valence-corrected chi connectivity index (χ0v) is 15.4. The molecule has 26 heavy (non-hydrogen) atoms. The molecule has 0 saturated carbocycles. The summed E-state index contributed by atoms with van der Waals surface area (Å²) in [4.78, 5) is 4.43. The fraction of sp³-hybridized carbons (Fsp3) is 0.368. The molecule has 136 valence electrons. The van der Waals surface area contributed by atoms with Crippen LogP contribution in [-0.4, -0.2) is 36.9 Å². The summed E-state index contributed by atoms with van der Waals surface area (Å²) in [5.41, 5.74) is 1.60. The monoisotopic (exact) mass is 371 g/mol. The van der Waals surface area contributed by atoms with Crippen molar-refractivity contribution in [3.63, 3.8) is 0 Å². The van der Waals surface area contributed by atoms with Crippen LogP contribution in [0, 0.1) is 11.3 Å². The van der Waals surface area contributed by atoms with E-state index in [2.05, 4.69) is 4.98 Å². The lowest BCUT2D eigenvalue weighted by Crippen LogP contribution is -2.41. The summed E-state index contributed by atoms with van der Waals surface area (Å²) in [5, 5.41) is 8.79. The van der Waals surface area contributed by atoms with Crippen molar-refractivity contribution in [3.8, 4) is 11.9 Å². The minimum absolute atomic E-state index is 0.0793. The third-order valence-electron chi connectivity index (χ3n) is 4.52. The van der Waals surface area contributed by atoms with E-state index in [-0.39, 0.29) is 6.10 Å². The minimum atomic E-state index is -3.47. The summed E-state index contributed by atoms with van der Waals surface area (Å²) < 4.78 is 32.9. The van der Waals surface area contributed by atoms with Crippen LogP contribution in [0.5, 0.6) is 5.88 Å². The van der Waals surface area contributed by atoms with Gasteiger partial charge in [-0.25, -0.2) is 13.4 Å². The summed E-state index contributed by atoms with van der Waals surface area (Å²) in [6, 6.07) is 12.4. The number of aromatic nitrogens is 1. The van der Waals surface area contributed by atoms with Crippen LogP contribution in [0.4, 0.5) is 0 Å². The van der Waals surface area contributed by atoms with Gasteiger partial charge in [-0.15, -0.1) is 0 Å². The smallest absolute Gasteiger partial charge is 0.243 e. The van der Waals surface area contributed by atoms with Gasteiger partial charge in [-0.1, -0.05) is 19.1 Å². The van der Waals surface area contributed by atoms with Crippen LogP contribution >= 0.6 is 0 Å². The first-order valence-electron chi connectivity index (χ1n) is 8.65. The molecule has 6 nitrogen and oxygen atoms in total. The van der Waals surface area contributed by atoms with Gasteiger partial charge in [-0.3, -0.25) is 0 Å². The molecular weight excluding hydrogens is 350 g/mol. The average Bonchev–Trinajstić information content (AvgIpc) is 2.69. The summed E-state index contributed by atoms with van der Waals surface area (Å²) in [7, 11) is -3.47. The van der Waals surface area contributed by atoms with Gasteiger partial charge in [0.15, 0.2) is 0 Å². The van der Waals surface area contributed by atoms with E-state index in [1.165, 1.54) is 10.5 Å². The van der Waals surface area contributed by atoms with Crippen LogP contribution in [0.15, 0.2) is 47.5 Å². The van der Waals surface area contributed by atoms with Crippen LogP contribution < -0.4 is 4.74 Å². The summed E-state index contributed by atoms with van der Waals surface area (Å²) in [5.74, 6) is 0.459. The summed E-state index contributed by atoms with van der Waals surface area (Å²) >= 11 is 0. The minimum Gasteiger partial charge on any atom is -0.474 e. The number of nitriles is 1. The molecule has 0 bridgehead atoms. The van der Waals surface area contributed by atoms with Gasteiger partial charge < -0.3 is 4.74 Å². The number of sulfonamides is 1. The van der Waals surface area contributed by atoms with Gasteiger partial charge in [0.25, 0.3) is 0 Å². The fourth-order valence-electron chi connectivity index (χ4n) is 2.92. The molecule has 0 atom stereocenters. The van der Waals surface area contributed by atoms with E-state index in [0.717, 1.165) is 12.0 Å². The van der Waals surface area contributed by atoms with Gasteiger partial charge in [0.1, 0.15) is 12.2 Å². The van der Waals surface area contributed by atoms with E-state index in [4.69, 9.17) is 10.00 Å². The largest absolute Gasteiger partial charge is 0.474 e. The molecule has 2 heterocycles. The topological polar surface area (TPSA) is 83.3 Å². The Morgan fingerprint density at radius 1 is 1.19 bits per heavy atom. The van der Waals surface area contributed by atoms with Crippen molar-refractivity contribution in [2.45, 2.75) is 37.2 Å². The Balaban J connectivity index is 1.60. The zero-order chi connectivity index (χ0) is 18.6. The number of pyridine rings is 1. The zero-order valence-electron chi connectivity index (χ0n) is 14.6. The molecule has 1 aliphatic rings. The standard InChI is InChI=1S/C19H21N3O3S/c1-2-15-3-6-18(7-4-15)26(23,24)22-11-9-17(10-12-22)25-19-8-5-16(13-20)14-21-19/h3-8,14,17H,2,9-12H2,1H3. The lowest BCUT2D eigenvalue weighted by molar-refractivity contribution is 0.130. The maximum atomic E-state index is 12.8. The normalized spacial score (nSPS) is 16.2. The first-order chi connectivity index (χ1) is 12.5. The molecule has 0 unspecified atom stereocenters. The Bertz CT molecular complexity index is 879. The first kappa shape index (κ1) is 18.4. The SMILES string of the molecule is CCc1ccc(S(=O)(=O)N2CCC(Oc3ccc(C#N)cn3)CC2)cc1. The van der Waals surface area contributed by atoms with Crippen molar-refractivity contribution >= 4 is 10.0 Å². The molecule has 0 radical (unpaired) electrons. The maximum absolute atomic E-state index is 12.8. The van der Waals surface area contributed by atoms with E-state index in [0.29, 0.717) is 42.3 Å². The number of hydrogen-bond acceptors (Lipinski definition) is 5. The predicted molar refractivity (Wildman–Crippen MR) is 97.2 cm³/mol. The van der Waals surface area contributed by atoms with Crippen LogP contribution in [0.3, 0.4) is 0 Å². The third-order valence-corrected chi connectivity index (χ3v) is 6.44. The summed E-state index contributed by atoms with van der Waals surface area (Å²) in [6.07, 6.45) is 3.48. The van der Waals surface area contributed by atoms with Gasteiger partial charge in [0.05, 0.1) is 10.5 Å². The average molecular weight is 371 g/mol. The Kier molecular flexibility index (Phi) is 5.55. The molecule has 1 fully saturated rings. The second-order valence-electron chi connectivity index (χ2n) is 6.22. The lowest BCUT2D eigenvalue weighted by atomic mass is 10.1. The fourth-order valence-corrected chi connectivity index (χ4v) is 4.39. The van der Waals surface area contributed by atoms with Crippen molar-refractivity contribution in [1.82, 2.24) is 9.29 Å². The van der Waals surface area contributed by atoms with Crippen molar-refractivity contribution in [3.05, 3.63) is 53.7 Å². The molecule has 0 spiro atoms. The van der Waals surface area contributed by atoms with Crippen molar-refractivity contribution in [2.24, 2.45) is 0 Å². The van der Waals surface area contributed by atoms with E-state index < -0.39 is 10.0 Å². The van der Waals surface area contributed by atoms with Crippen molar-refractivity contribution in [2.75, 3.05) is 13.1 Å². The lowest BCUT2D eigenvalue weighted by Gasteiger charge is -2.31. The van der Waals surface area contributed by atoms with Gasteiger partial charge in [0.2, 0.25) is 15.9 Å². The molecule has 3 rings (SSSR count). The Labute approximate surface area is 154 Å². The molecule has 2 aromatic rings. The Morgan fingerprint density at radius 3 is 2.42 bits per heavy atom. The summed E-state index contributed by atoms with van der Waals surface area (Å²) in [6.45, 7) is 2.87. The predicted octanol–water partition coefficient (Wildman–Crippen LogP) is 2.75. The number of rotatable bonds is 5. The second kappa shape index (κ2) is 7.85. The molecule has 0 amide bonds. The van der Waals surface area contributed by atoms with E-state index in [9.17, 15) is 8.42 Å². The van der Waals surface area contributed by atoms with Gasteiger partial charge >= 0.3 is 0 Å².